The van der Waals surface area contributed by atoms with Crippen LogP contribution in [0, 0.1) is 0 Å². The van der Waals surface area contributed by atoms with Gasteiger partial charge in [0.2, 0.25) is 0 Å². The van der Waals surface area contributed by atoms with E-state index in [2.05, 4.69) is 4.74 Å². The normalized spacial score (nSPS) is 16.8. The van der Waals surface area contributed by atoms with Crippen molar-refractivity contribution in [3.63, 3.8) is 0 Å². The molecule has 0 radical (unpaired) electrons. The molecule has 1 N–H and O–H groups in total. The lowest BCUT2D eigenvalue weighted by molar-refractivity contribution is -0.308. The molecule has 35 heavy (non-hydrogen) atoms. The van der Waals surface area contributed by atoms with E-state index in [0.29, 0.717) is 11.0 Å². The monoisotopic (exact) mass is 526 g/mol. The van der Waals surface area contributed by atoms with Crippen LogP contribution in [-0.4, -0.2) is 77.7 Å². The highest BCUT2D eigenvalue weighted by atomic mass is 19.4. The predicted molar refractivity (Wildman–Crippen MR) is 98.4 cm³/mol. The average Bonchev–Trinajstić information content (AvgIpc) is 2.71. The summed E-state index contributed by atoms with van der Waals surface area (Å²) in [7, 11) is 0. The first-order valence-corrected chi connectivity index (χ1v) is 9.80. The predicted octanol–water partition coefficient (Wildman–Crippen LogP) is 4.30. The van der Waals surface area contributed by atoms with E-state index in [-0.39, 0.29) is 44.0 Å². The lowest BCUT2D eigenvalue weighted by Crippen LogP contribution is -2.52. The second-order valence-electron chi connectivity index (χ2n) is 7.53. The average molecular weight is 526 g/mol. The molecule has 1 atom stereocenters. The Hall–Kier alpha value is -2.91. The van der Waals surface area contributed by atoms with Crippen LogP contribution in [0.1, 0.15) is 18.1 Å². The van der Waals surface area contributed by atoms with Gasteiger partial charge in [-0.1, -0.05) is 6.07 Å². The zero-order valence-corrected chi connectivity index (χ0v) is 17.8. The minimum Gasteiger partial charge on any atom is -0.479 e. The highest BCUT2D eigenvalue weighted by Crippen LogP contribution is 2.36. The molecule has 0 aromatic heterocycles. The second-order valence-corrected chi connectivity index (χ2v) is 7.53. The smallest absolute Gasteiger partial charge is 0.434 e. The number of amides is 1. The van der Waals surface area contributed by atoms with Crippen molar-refractivity contribution in [2.45, 2.75) is 44.2 Å². The van der Waals surface area contributed by atoms with E-state index in [1.807, 2.05) is 0 Å². The third-order valence-corrected chi connectivity index (χ3v) is 4.88. The lowest BCUT2D eigenvalue weighted by atomic mass is 10.1. The molecular weight excluding hydrogens is 507 g/mol. The number of benzene rings is 1. The topological polar surface area (TPSA) is 79.3 Å². The molecule has 7 nitrogen and oxygen atoms in total. The number of ether oxygens (including phenoxy) is 2. The van der Waals surface area contributed by atoms with Crippen LogP contribution in [0.4, 0.5) is 44.3 Å². The van der Waals surface area contributed by atoms with Crippen LogP contribution in [0.25, 0.3) is 0 Å². The second kappa shape index (κ2) is 10.4. The summed E-state index contributed by atoms with van der Waals surface area (Å²) in [5.74, 6) is -1.80. The van der Waals surface area contributed by atoms with Gasteiger partial charge in [-0.05, 0) is 19.1 Å². The summed E-state index contributed by atoms with van der Waals surface area (Å²) < 4.78 is 123. The fraction of sp³-hybridized carbons (Fsp3) is 0.579. The van der Waals surface area contributed by atoms with Crippen LogP contribution >= 0.6 is 0 Å². The molecule has 2 rings (SSSR count). The third-order valence-electron chi connectivity index (χ3n) is 4.88. The van der Waals surface area contributed by atoms with E-state index >= 15 is 0 Å². The number of carbonyl (C=O) groups is 2. The SMILES string of the molecule is C[C@H](Oc1cc(C(F)(F)F)ccc1CN1CCN(C(=O)OC(C(F)(F)F)C(F)(F)F)CC1)C(=O)O. The molecule has 1 aromatic carbocycles. The van der Waals surface area contributed by atoms with Gasteiger partial charge in [-0.25, -0.2) is 9.59 Å². The van der Waals surface area contributed by atoms with Gasteiger partial charge < -0.3 is 19.5 Å². The standard InChI is InChI=1S/C19H19F9N2O5/c1-10(14(31)32)34-13-8-12(17(20,21)22)3-2-11(13)9-29-4-6-30(7-5-29)16(33)35-15(18(23,24)25)19(26,27)28/h2-3,8,10,15H,4-7,9H2,1H3,(H,31,32)/t10-/m0/s1. The number of alkyl halides is 9. The Kier molecular flexibility index (Phi) is 8.40. The highest BCUT2D eigenvalue weighted by Gasteiger charge is 2.60. The molecule has 1 heterocycles. The molecule has 1 fully saturated rings. The molecule has 1 aliphatic heterocycles. The fourth-order valence-corrected chi connectivity index (χ4v) is 3.04. The summed E-state index contributed by atoms with van der Waals surface area (Å²) in [6.45, 7) is 0.190. The van der Waals surface area contributed by atoms with Crippen molar-refractivity contribution in [2.24, 2.45) is 0 Å². The molecular formula is C19H19F9N2O5. The Balaban J connectivity index is 2.08. The van der Waals surface area contributed by atoms with Gasteiger partial charge >= 0.3 is 30.6 Å². The van der Waals surface area contributed by atoms with Crippen molar-refractivity contribution in [1.82, 2.24) is 9.80 Å². The zero-order valence-electron chi connectivity index (χ0n) is 17.8. The summed E-state index contributed by atoms with van der Waals surface area (Å²) in [6.07, 6.45) is -24.1. The molecule has 16 heteroatoms. The maximum Gasteiger partial charge on any atom is 0.434 e. The van der Waals surface area contributed by atoms with Gasteiger partial charge in [-0.3, -0.25) is 4.90 Å². The van der Waals surface area contributed by atoms with Crippen LogP contribution in [0.2, 0.25) is 0 Å². The van der Waals surface area contributed by atoms with E-state index < -0.39 is 48.4 Å². The zero-order chi connectivity index (χ0) is 26.8. The first-order chi connectivity index (χ1) is 15.9. The van der Waals surface area contributed by atoms with Gasteiger partial charge in [0, 0.05) is 38.3 Å². The number of hydrogen-bond acceptors (Lipinski definition) is 5. The number of carboxylic acids is 1. The summed E-state index contributed by atoms with van der Waals surface area (Å²) in [5.41, 5.74) is -0.943. The van der Waals surface area contributed by atoms with E-state index in [0.717, 1.165) is 19.1 Å². The van der Waals surface area contributed by atoms with Gasteiger partial charge in [-0.15, -0.1) is 0 Å². The van der Waals surface area contributed by atoms with Crippen LogP contribution in [-0.2, 0) is 22.3 Å². The minimum atomic E-state index is -5.86. The van der Waals surface area contributed by atoms with Crippen molar-refractivity contribution in [1.29, 1.82) is 0 Å². The highest BCUT2D eigenvalue weighted by molar-refractivity contribution is 5.72. The van der Waals surface area contributed by atoms with Crippen LogP contribution < -0.4 is 4.74 Å². The molecule has 1 amide bonds. The Bertz CT molecular complexity index is 895. The first-order valence-electron chi connectivity index (χ1n) is 9.80. The lowest BCUT2D eigenvalue weighted by Gasteiger charge is -2.35. The van der Waals surface area contributed by atoms with Crippen molar-refractivity contribution < 1.29 is 63.7 Å². The number of hydrogen-bond donors (Lipinski definition) is 1. The summed E-state index contributed by atoms with van der Waals surface area (Å²) >= 11 is 0. The van der Waals surface area contributed by atoms with E-state index in [1.165, 1.54) is 4.90 Å². The van der Waals surface area contributed by atoms with Gasteiger partial charge in [0.15, 0.2) is 6.10 Å². The Labute approximate surface area is 192 Å². The van der Waals surface area contributed by atoms with Gasteiger partial charge in [-0.2, -0.15) is 39.5 Å². The quantitative estimate of drug-likeness (QED) is 0.557. The van der Waals surface area contributed by atoms with Crippen molar-refractivity contribution in [3.05, 3.63) is 29.3 Å². The van der Waals surface area contributed by atoms with E-state index in [9.17, 15) is 49.1 Å². The molecule has 1 saturated heterocycles. The number of carbonyl (C=O) groups excluding carboxylic acids is 1. The molecule has 0 unspecified atom stereocenters. The molecule has 0 aliphatic carbocycles. The van der Waals surface area contributed by atoms with Crippen LogP contribution in [0.15, 0.2) is 18.2 Å². The molecule has 198 valence electrons. The van der Waals surface area contributed by atoms with Gasteiger partial charge in [0.05, 0.1) is 5.56 Å². The maximum atomic E-state index is 13.0. The van der Waals surface area contributed by atoms with Crippen molar-refractivity contribution >= 4 is 12.1 Å². The van der Waals surface area contributed by atoms with Crippen molar-refractivity contribution in [2.75, 3.05) is 26.2 Å². The molecule has 1 aromatic rings. The number of rotatable bonds is 6. The first kappa shape index (κ1) is 28.3. The number of nitrogens with zero attached hydrogens (tertiary/aromatic N) is 2. The Morgan fingerprint density at radius 1 is 0.971 bits per heavy atom. The minimum absolute atomic E-state index is 0.0766. The molecule has 1 aliphatic rings. The molecule has 0 saturated carbocycles. The number of carboxylic acid groups (broad SMARTS) is 1. The summed E-state index contributed by atoms with van der Waals surface area (Å²) in [5, 5.41) is 8.98. The van der Waals surface area contributed by atoms with Crippen LogP contribution in [0.5, 0.6) is 5.75 Å². The third kappa shape index (κ3) is 7.80. The largest absolute Gasteiger partial charge is 0.479 e. The number of piperazine rings is 1. The number of halogens is 9. The molecule has 0 bridgehead atoms. The number of aliphatic carboxylic acids is 1. The van der Waals surface area contributed by atoms with E-state index in [4.69, 9.17) is 9.84 Å². The van der Waals surface area contributed by atoms with Crippen LogP contribution in [0.3, 0.4) is 0 Å². The van der Waals surface area contributed by atoms with Gasteiger partial charge in [0.25, 0.3) is 6.10 Å². The maximum absolute atomic E-state index is 13.0. The summed E-state index contributed by atoms with van der Waals surface area (Å²) in [4.78, 5) is 25.1. The van der Waals surface area contributed by atoms with Crippen molar-refractivity contribution in [3.8, 4) is 5.75 Å². The van der Waals surface area contributed by atoms with Gasteiger partial charge in [0.1, 0.15) is 5.75 Å². The molecule has 0 spiro atoms. The Morgan fingerprint density at radius 3 is 1.97 bits per heavy atom. The Morgan fingerprint density at radius 2 is 1.51 bits per heavy atom. The van der Waals surface area contributed by atoms with E-state index in [1.54, 1.807) is 0 Å². The fourth-order valence-electron chi connectivity index (χ4n) is 3.04. The summed E-state index contributed by atoms with van der Waals surface area (Å²) in [6, 6.07) is 2.43.